The van der Waals surface area contributed by atoms with Crippen molar-refractivity contribution in [2.45, 2.75) is 58.0 Å². The molecule has 2 heterocycles. The van der Waals surface area contributed by atoms with Crippen LogP contribution in [-0.2, 0) is 12.8 Å². The second-order valence-corrected chi connectivity index (χ2v) is 11.1. The van der Waals surface area contributed by atoms with Gasteiger partial charge in [-0.05, 0) is 75.3 Å². The van der Waals surface area contributed by atoms with Gasteiger partial charge < -0.3 is 0 Å². The second kappa shape index (κ2) is 9.51. The summed E-state index contributed by atoms with van der Waals surface area (Å²) in [6.45, 7) is 5.97. The maximum Gasteiger partial charge on any atom is 0.267 e. The third kappa shape index (κ3) is 4.25. The molecule has 4 aromatic rings. The van der Waals surface area contributed by atoms with E-state index >= 15 is 0 Å². The topological polar surface area (TPSA) is 52.0 Å². The van der Waals surface area contributed by atoms with Gasteiger partial charge in [0.15, 0.2) is 10.9 Å². The summed E-state index contributed by atoms with van der Waals surface area (Å²) in [6, 6.07) is 13.8. The summed E-state index contributed by atoms with van der Waals surface area (Å²) in [5.74, 6) is 0.290. The molecule has 0 bridgehead atoms. The molecule has 1 aliphatic rings. The molecule has 2 aromatic carbocycles. The summed E-state index contributed by atoms with van der Waals surface area (Å²) in [5.41, 5.74) is 5.79. The minimum Gasteiger partial charge on any atom is -0.293 e. The van der Waals surface area contributed by atoms with Crippen molar-refractivity contribution in [3.63, 3.8) is 0 Å². The van der Waals surface area contributed by atoms with Gasteiger partial charge in [0.25, 0.3) is 5.56 Å². The molecule has 0 atom stereocenters. The number of Topliss-reactive ketones (excluding diaryl/α,β-unsaturated/α-hetero) is 1. The van der Waals surface area contributed by atoms with Gasteiger partial charge in [0.1, 0.15) is 4.83 Å². The van der Waals surface area contributed by atoms with Crippen molar-refractivity contribution in [2.24, 2.45) is 0 Å². The number of benzene rings is 2. The highest BCUT2D eigenvalue weighted by Crippen LogP contribution is 2.35. The fraction of sp³-hybridized carbons (Fsp3) is 0.321. The molecule has 2 aromatic heterocycles. The van der Waals surface area contributed by atoms with Crippen molar-refractivity contribution in [1.82, 2.24) is 9.55 Å². The number of nitrogens with zero attached hydrogens (tertiary/aromatic N) is 2. The van der Waals surface area contributed by atoms with E-state index in [1.165, 1.54) is 28.6 Å². The Labute approximate surface area is 208 Å². The molecule has 34 heavy (non-hydrogen) atoms. The van der Waals surface area contributed by atoms with Crippen LogP contribution in [0.3, 0.4) is 0 Å². The van der Waals surface area contributed by atoms with Crippen LogP contribution in [0.1, 0.15) is 56.8 Å². The first-order valence-corrected chi connectivity index (χ1v) is 13.6. The zero-order valence-corrected chi connectivity index (χ0v) is 21.4. The minimum atomic E-state index is -0.0135. The van der Waals surface area contributed by atoms with E-state index in [0.717, 1.165) is 63.8 Å². The van der Waals surface area contributed by atoms with Crippen LogP contribution in [0, 0.1) is 20.8 Å². The van der Waals surface area contributed by atoms with E-state index in [2.05, 4.69) is 0 Å². The number of fused-ring (bicyclic) bond motifs is 3. The van der Waals surface area contributed by atoms with Crippen LogP contribution < -0.4 is 5.56 Å². The molecule has 0 saturated heterocycles. The average molecular weight is 489 g/mol. The van der Waals surface area contributed by atoms with Gasteiger partial charge in [-0.15, -0.1) is 11.3 Å². The Bertz CT molecular complexity index is 1470. The van der Waals surface area contributed by atoms with Gasteiger partial charge in [-0.1, -0.05) is 54.1 Å². The highest BCUT2D eigenvalue weighted by atomic mass is 32.2. The van der Waals surface area contributed by atoms with Crippen LogP contribution in [0.15, 0.2) is 52.4 Å². The van der Waals surface area contributed by atoms with E-state index in [9.17, 15) is 9.59 Å². The lowest BCUT2D eigenvalue weighted by Crippen LogP contribution is -2.23. The molecule has 4 nitrogen and oxygen atoms in total. The second-order valence-electron chi connectivity index (χ2n) is 9.10. The Balaban J connectivity index is 1.62. The van der Waals surface area contributed by atoms with Crippen molar-refractivity contribution < 1.29 is 4.79 Å². The molecule has 0 radical (unpaired) electrons. The van der Waals surface area contributed by atoms with Crippen LogP contribution in [0.25, 0.3) is 15.9 Å². The molecule has 0 spiro atoms. The standard InChI is InChI=1S/C28H28N2O2S2/c1-17-13-14-18(2)21(15-17)23(31)16-33-28-29-26-25(20-10-5-4-6-12-24(20)34-26)27(32)30(28)22-11-8-7-9-19(22)3/h7-9,11,13-15H,4-6,10,12,16H2,1-3H3. The SMILES string of the molecule is Cc1ccc(C)c(C(=O)CSc2nc3sc4c(c3c(=O)n2-c2ccccc2C)CCCCC4)c1. The lowest BCUT2D eigenvalue weighted by Gasteiger charge is -2.14. The Morgan fingerprint density at radius 1 is 1.03 bits per heavy atom. The number of hydrogen-bond donors (Lipinski definition) is 0. The summed E-state index contributed by atoms with van der Waals surface area (Å²) in [6.07, 6.45) is 5.45. The molecule has 5 rings (SSSR count). The summed E-state index contributed by atoms with van der Waals surface area (Å²) < 4.78 is 1.73. The quantitative estimate of drug-likeness (QED) is 0.137. The van der Waals surface area contributed by atoms with Crippen molar-refractivity contribution in [3.8, 4) is 5.69 Å². The van der Waals surface area contributed by atoms with Crippen LogP contribution >= 0.6 is 23.1 Å². The van der Waals surface area contributed by atoms with E-state index < -0.39 is 0 Å². The molecule has 6 heteroatoms. The van der Waals surface area contributed by atoms with E-state index in [-0.39, 0.29) is 17.1 Å². The molecule has 0 unspecified atom stereocenters. The summed E-state index contributed by atoms with van der Waals surface area (Å²) in [5, 5.41) is 1.36. The lowest BCUT2D eigenvalue weighted by atomic mass is 10.0. The zero-order chi connectivity index (χ0) is 23.8. The minimum absolute atomic E-state index is 0.0135. The summed E-state index contributed by atoms with van der Waals surface area (Å²) in [7, 11) is 0. The van der Waals surface area contributed by atoms with Crippen molar-refractivity contribution in [2.75, 3.05) is 5.75 Å². The van der Waals surface area contributed by atoms with E-state index in [1.54, 1.807) is 15.9 Å². The highest BCUT2D eigenvalue weighted by molar-refractivity contribution is 7.99. The molecule has 0 N–H and O–H groups in total. The number of carbonyl (C=O) groups excluding carboxylic acids is 1. The molecule has 1 aliphatic carbocycles. The Morgan fingerprint density at radius 3 is 2.65 bits per heavy atom. The first-order valence-electron chi connectivity index (χ1n) is 11.8. The number of carbonyl (C=O) groups is 1. The number of hydrogen-bond acceptors (Lipinski definition) is 5. The predicted molar refractivity (Wildman–Crippen MR) is 142 cm³/mol. The highest BCUT2D eigenvalue weighted by Gasteiger charge is 2.23. The van der Waals surface area contributed by atoms with Crippen LogP contribution in [-0.4, -0.2) is 21.1 Å². The fourth-order valence-electron chi connectivity index (χ4n) is 4.73. The summed E-state index contributed by atoms with van der Waals surface area (Å²) >= 11 is 3.02. The fourth-order valence-corrected chi connectivity index (χ4v) is 6.92. The zero-order valence-electron chi connectivity index (χ0n) is 19.8. The Kier molecular flexibility index (Phi) is 6.45. The largest absolute Gasteiger partial charge is 0.293 e. The number of aryl methyl sites for hydroxylation is 5. The van der Waals surface area contributed by atoms with Crippen molar-refractivity contribution in [1.29, 1.82) is 0 Å². The average Bonchev–Trinajstić information content (AvgIpc) is 3.01. The van der Waals surface area contributed by atoms with Gasteiger partial charge >= 0.3 is 0 Å². The third-order valence-electron chi connectivity index (χ3n) is 6.59. The molecule has 0 amide bonds. The normalized spacial score (nSPS) is 13.6. The number of rotatable bonds is 5. The van der Waals surface area contributed by atoms with Gasteiger partial charge in [-0.2, -0.15) is 0 Å². The maximum absolute atomic E-state index is 14.0. The van der Waals surface area contributed by atoms with Crippen molar-refractivity contribution in [3.05, 3.63) is 85.5 Å². The smallest absolute Gasteiger partial charge is 0.267 e. The molecule has 0 fully saturated rings. The molecular formula is C28H28N2O2S2. The maximum atomic E-state index is 14.0. The number of thioether (sulfide) groups is 1. The van der Waals surface area contributed by atoms with Gasteiger partial charge in [-0.3, -0.25) is 14.2 Å². The molecule has 0 saturated carbocycles. The monoisotopic (exact) mass is 488 g/mol. The van der Waals surface area contributed by atoms with Crippen LogP contribution in [0.2, 0.25) is 0 Å². The third-order valence-corrected chi connectivity index (χ3v) is 8.71. The van der Waals surface area contributed by atoms with Gasteiger partial charge in [-0.25, -0.2) is 4.98 Å². The van der Waals surface area contributed by atoms with E-state index in [1.807, 2.05) is 63.2 Å². The van der Waals surface area contributed by atoms with E-state index in [4.69, 9.17) is 4.98 Å². The van der Waals surface area contributed by atoms with E-state index in [0.29, 0.717) is 5.16 Å². The van der Waals surface area contributed by atoms with Gasteiger partial charge in [0.05, 0.1) is 16.8 Å². The lowest BCUT2D eigenvalue weighted by molar-refractivity contribution is 0.102. The van der Waals surface area contributed by atoms with Gasteiger partial charge in [0, 0.05) is 10.4 Å². The molecule has 0 aliphatic heterocycles. The van der Waals surface area contributed by atoms with Crippen molar-refractivity contribution >= 4 is 39.1 Å². The first kappa shape index (κ1) is 23.1. The van der Waals surface area contributed by atoms with Crippen LogP contribution in [0.4, 0.5) is 0 Å². The number of aromatic nitrogens is 2. The first-order chi connectivity index (χ1) is 16.4. The number of ketones is 1. The number of para-hydroxylation sites is 1. The Morgan fingerprint density at radius 2 is 1.82 bits per heavy atom. The predicted octanol–water partition coefficient (Wildman–Crippen LogP) is 6.62. The number of thiophene rings is 1. The molecular weight excluding hydrogens is 460 g/mol. The Hall–Kier alpha value is -2.70. The van der Waals surface area contributed by atoms with Crippen LogP contribution in [0.5, 0.6) is 0 Å². The molecule has 174 valence electrons. The van der Waals surface area contributed by atoms with Gasteiger partial charge in [0.2, 0.25) is 0 Å². The summed E-state index contributed by atoms with van der Waals surface area (Å²) in [4.78, 5) is 34.2.